The van der Waals surface area contributed by atoms with Crippen LogP contribution in [0.25, 0.3) is 10.4 Å². The van der Waals surface area contributed by atoms with Gasteiger partial charge in [0.15, 0.2) is 11.5 Å². The number of benzene rings is 3. The minimum Gasteiger partial charge on any atom is -0.363 e. The van der Waals surface area contributed by atoms with Crippen LogP contribution in [0.3, 0.4) is 0 Å². The molecule has 1 aliphatic heterocycles. The second-order valence-electron chi connectivity index (χ2n) is 6.58. The van der Waals surface area contributed by atoms with Gasteiger partial charge in [-0.3, -0.25) is 19.8 Å². The molecule has 1 atom stereocenters. The van der Waals surface area contributed by atoms with Crippen LogP contribution in [0, 0.1) is 15.9 Å². The fourth-order valence-corrected chi connectivity index (χ4v) is 3.78. The van der Waals surface area contributed by atoms with E-state index in [-0.39, 0.29) is 33.1 Å². The van der Waals surface area contributed by atoms with Crippen molar-refractivity contribution < 1.29 is 19.2 Å². The Hall–Kier alpha value is -3.98. The van der Waals surface area contributed by atoms with Gasteiger partial charge in [0.25, 0.3) is 11.6 Å². The third kappa shape index (κ3) is 2.98. The Labute approximate surface area is 178 Å². The van der Waals surface area contributed by atoms with Crippen LogP contribution in [0.1, 0.15) is 21.5 Å². The van der Waals surface area contributed by atoms with Gasteiger partial charge in [-0.2, -0.15) is 0 Å². The van der Waals surface area contributed by atoms with E-state index < -0.39 is 28.1 Å². The standard InChI is InChI=1S/C20H11ClFN5O4/c21-14-6-3-7-16(18(14)22)26-19(28)12-4-1-2-5-13(12)20(26,29)11-8-9-15(24-25-23)17(10-11)27(30)31/h1-10,29H. The molecule has 1 N–H and O–H groups in total. The van der Waals surface area contributed by atoms with Gasteiger partial charge in [0.05, 0.1) is 15.6 Å². The zero-order valence-electron chi connectivity index (χ0n) is 15.4. The molecule has 11 heteroatoms. The van der Waals surface area contributed by atoms with Crippen molar-refractivity contribution >= 4 is 34.6 Å². The van der Waals surface area contributed by atoms with Crippen molar-refractivity contribution in [3.05, 3.63) is 109 Å². The highest BCUT2D eigenvalue weighted by atomic mass is 35.5. The minimum atomic E-state index is -2.29. The molecular weight excluding hydrogens is 429 g/mol. The summed E-state index contributed by atoms with van der Waals surface area (Å²) < 4.78 is 14.9. The number of fused-ring (bicyclic) bond motifs is 1. The third-order valence-electron chi connectivity index (χ3n) is 4.96. The Bertz CT molecular complexity index is 1310. The molecule has 1 amide bonds. The van der Waals surface area contributed by atoms with E-state index in [1.54, 1.807) is 12.1 Å². The molecule has 3 aromatic rings. The highest BCUT2D eigenvalue weighted by molar-refractivity contribution is 6.31. The molecule has 1 aliphatic rings. The molecule has 0 fully saturated rings. The summed E-state index contributed by atoms with van der Waals surface area (Å²) in [6.45, 7) is 0. The van der Waals surface area contributed by atoms with Gasteiger partial charge in [-0.1, -0.05) is 47.0 Å². The van der Waals surface area contributed by atoms with Crippen LogP contribution in [-0.4, -0.2) is 15.9 Å². The maximum Gasteiger partial charge on any atom is 0.279 e. The second-order valence-corrected chi connectivity index (χ2v) is 6.99. The average Bonchev–Trinajstić information content (AvgIpc) is 2.99. The second kappa shape index (κ2) is 7.37. The van der Waals surface area contributed by atoms with Gasteiger partial charge < -0.3 is 5.11 Å². The van der Waals surface area contributed by atoms with Crippen molar-refractivity contribution in [2.45, 2.75) is 5.72 Å². The summed E-state index contributed by atoms with van der Waals surface area (Å²) in [7, 11) is 0. The van der Waals surface area contributed by atoms with E-state index in [2.05, 4.69) is 10.0 Å². The number of nitrogens with zero attached hydrogens (tertiary/aromatic N) is 5. The lowest BCUT2D eigenvalue weighted by Crippen LogP contribution is -2.45. The summed E-state index contributed by atoms with van der Waals surface area (Å²) in [4.78, 5) is 27.3. The monoisotopic (exact) mass is 439 g/mol. The summed E-state index contributed by atoms with van der Waals surface area (Å²) in [5.41, 5.74) is 5.27. The summed E-state index contributed by atoms with van der Waals surface area (Å²) in [5.74, 6) is -1.66. The van der Waals surface area contributed by atoms with Gasteiger partial charge in [0.1, 0.15) is 5.69 Å². The number of amides is 1. The van der Waals surface area contributed by atoms with Gasteiger partial charge in [-0.25, -0.2) is 4.39 Å². The van der Waals surface area contributed by atoms with Crippen LogP contribution in [0.2, 0.25) is 5.02 Å². The van der Waals surface area contributed by atoms with Crippen LogP contribution in [-0.2, 0) is 5.72 Å². The van der Waals surface area contributed by atoms with Crippen molar-refractivity contribution in [1.29, 1.82) is 0 Å². The summed E-state index contributed by atoms with van der Waals surface area (Å²) in [6, 6.07) is 13.4. The quantitative estimate of drug-likeness (QED) is 0.197. The van der Waals surface area contributed by atoms with Crippen molar-refractivity contribution in [1.82, 2.24) is 0 Å². The number of halogens is 2. The SMILES string of the molecule is [N-]=[N+]=Nc1ccc(C2(O)c3ccccc3C(=O)N2c2cccc(Cl)c2F)cc1[N+](=O)[O-]. The lowest BCUT2D eigenvalue weighted by atomic mass is 9.93. The van der Waals surface area contributed by atoms with Crippen LogP contribution in [0.15, 0.2) is 65.8 Å². The molecule has 154 valence electrons. The number of nitro groups is 1. The first kappa shape index (κ1) is 20.3. The first-order chi connectivity index (χ1) is 14.8. The molecule has 1 heterocycles. The van der Waals surface area contributed by atoms with E-state index in [1.807, 2.05) is 0 Å². The predicted molar refractivity (Wildman–Crippen MR) is 110 cm³/mol. The van der Waals surface area contributed by atoms with Gasteiger partial charge in [0.2, 0.25) is 0 Å². The largest absolute Gasteiger partial charge is 0.363 e. The minimum absolute atomic E-state index is 0.0890. The number of hydrogen-bond donors (Lipinski definition) is 1. The van der Waals surface area contributed by atoms with Crippen molar-refractivity contribution in [3.8, 4) is 0 Å². The Kier molecular flexibility index (Phi) is 4.82. The molecular formula is C20H11ClFN5O4. The molecule has 31 heavy (non-hydrogen) atoms. The smallest absolute Gasteiger partial charge is 0.279 e. The fourth-order valence-electron chi connectivity index (χ4n) is 3.61. The Balaban J connectivity index is 2.04. The predicted octanol–water partition coefficient (Wildman–Crippen LogP) is 5.18. The first-order valence-corrected chi connectivity index (χ1v) is 9.13. The van der Waals surface area contributed by atoms with E-state index in [0.29, 0.717) is 0 Å². The molecule has 0 bridgehead atoms. The molecule has 0 aliphatic carbocycles. The van der Waals surface area contributed by atoms with E-state index >= 15 is 0 Å². The number of anilines is 1. The van der Waals surface area contributed by atoms with E-state index in [1.165, 1.54) is 36.4 Å². The summed E-state index contributed by atoms with van der Waals surface area (Å²) in [6.07, 6.45) is 0. The lowest BCUT2D eigenvalue weighted by molar-refractivity contribution is -0.384. The van der Waals surface area contributed by atoms with E-state index in [9.17, 15) is 24.4 Å². The third-order valence-corrected chi connectivity index (χ3v) is 5.25. The number of rotatable bonds is 4. The van der Waals surface area contributed by atoms with Crippen molar-refractivity contribution in [2.24, 2.45) is 5.11 Å². The number of nitro benzene ring substituents is 1. The highest BCUT2D eigenvalue weighted by Gasteiger charge is 2.52. The number of carbonyl (C=O) groups excluding carboxylic acids is 1. The van der Waals surface area contributed by atoms with Gasteiger partial charge in [-0.15, -0.1) is 0 Å². The zero-order valence-corrected chi connectivity index (χ0v) is 16.2. The average molecular weight is 440 g/mol. The molecule has 0 spiro atoms. The maximum absolute atomic E-state index is 14.9. The number of aliphatic hydroxyl groups is 1. The highest BCUT2D eigenvalue weighted by Crippen LogP contribution is 2.47. The van der Waals surface area contributed by atoms with E-state index in [0.717, 1.165) is 17.0 Å². The zero-order chi connectivity index (χ0) is 22.3. The van der Waals surface area contributed by atoms with Crippen LogP contribution < -0.4 is 4.90 Å². The maximum atomic E-state index is 14.9. The van der Waals surface area contributed by atoms with Crippen molar-refractivity contribution in [3.63, 3.8) is 0 Å². The molecule has 3 aromatic carbocycles. The van der Waals surface area contributed by atoms with Crippen LogP contribution in [0.4, 0.5) is 21.5 Å². The Morgan fingerprint density at radius 1 is 1.19 bits per heavy atom. The molecule has 4 rings (SSSR count). The molecule has 9 nitrogen and oxygen atoms in total. The topological polar surface area (TPSA) is 132 Å². The molecule has 0 radical (unpaired) electrons. The number of carbonyl (C=O) groups is 1. The van der Waals surface area contributed by atoms with Gasteiger partial charge in [0, 0.05) is 27.7 Å². The van der Waals surface area contributed by atoms with Crippen LogP contribution >= 0.6 is 11.6 Å². The number of hydrogen-bond acceptors (Lipinski definition) is 5. The lowest BCUT2D eigenvalue weighted by Gasteiger charge is -2.35. The summed E-state index contributed by atoms with van der Waals surface area (Å²) >= 11 is 5.88. The van der Waals surface area contributed by atoms with Gasteiger partial charge >= 0.3 is 0 Å². The Morgan fingerprint density at radius 3 is 2.65 bits per heavy atom. The summed E-state index contributed by atoms with van der Waals surface area (Å²) in [5, 5.41) is 26.3. The molecule has 1 unspecified atom stereocenters. The van der Waals surface area contributed by atoms with Crippen molar-refractivity contribution in [2.75, 3.05) is 4.90 Å². The van der Waals surface area contributed by atoms with E-state index in [4.69, 9.17) is 17.1 Å². The molecule has 0 saturated heterocycles. The molecule has 0 aromatic heterocycles. The first-order valence-electron chi connectivity index (χ1n) is 8.75. The van der Waals surface area contributed by atoms with Crippen LogP contribution in [0.5, 0.6) is 0 Å². The number of azide groups is 1. The molecule has 0 saturated carbocycles. The fraction of sp³-hybridized carbons (Fsp3) is 0.0500. The normalized spacial score (nSPS) is 17.3. The Morgan fingerprint density at radius 2 is 1.94 bits per heavy atom. The van der Waals surface area contributed by atoms with Gasteiger partial charge in [-0.05, 0) is 29.8 Å².